The lowest BCUT2D eigenvalue weighted by molar-refractivity contribution is 0.0615. The molecule has 0 unspecified atom stereocenters. The third-order valence-electron chi connectivity index (χ3n) is 3.49. The molecule has 0 bridgehead atoms. The molecular formula is C14H19ClN2O2. The van der Waals surface area contributed by atoms with Crippen LogP contribution in [0.3, 0.4) is 0 Å². The first-order valence-corrected chi connectivity index (χ1v) is 6.88. The summed E-state index contributed by atoms with van der Waals surface area (Å²) in [6.07, 6.45) is 0. The van der Waals surface area contributed by atoms with E-state index in [1.54, 1.807) is 6.07 Å². The van der Waals surface area contributed by atoms with Gasteiger partial charge in [-0.25, -0.2) is 0 Å². The number of hydrogen-bond acceptors (Lipinski definition) is 3. The number of amides is 1. The number of β-amino-alcohol motifs (C(OH)–C–C–N with tert-alkyl or cyclic N) is 1. The topological polar surface area (TPSA) is 43.8 Å². The molecule has 0 aliphatic carbocycles. The van der Waals surface area contributed by atoms with Crippen molar-refractivity contribution in [3.8, 4) is 0 Å². The molecule has 0 spiro atoms. The predicted molar refractivity (Wildman–Crippen MR) is 75.6 cm³/mol. The molecule has 1 amide bonds. The molecule has 5 heteroatoms. The quantitative estimate of drug-likeness (QED) is 0.911. The van der Waals surface area contributed by atoms with E-state index in [0.717, 1.165) is 18.7 Å². The number of rotatable bonds is 3. The average molecular weight is 283 g/mol. The van der Waals surface area contributed by atoms with Crippen LogP contribution in [0.2, 0.25) is 5.02 Å². The molecule has 2 rings (SSSR count). The highest BCUT2D eigenvalue weighted by molar-refractivity contribution is 6.31. The molecule has 1 aromatic rings. The Morgan fingerprint density at radius 3 is 2.58 bits per heavy atom. The van der Waals surface area contributed by atoms with E-state index < -0.39 is 0 Å². The number of nitrogens with zero attached hydrogens (tertiary/aromatic N) is 2. The summed E-state index contributed by atoms with van der Waals surface area (Å²) < 4.78 is 0. The molecule has 0 atom stereocenters. The number of aliphatic hydroxyl groups is 1. The van der Waals surface area contributed by atoms with Gasteiger partial charge in [-0.05, 0) is 24.6 Å². The van der Waals surface area contributed by atoms with Gasteiger partial charge in [-0.2, -0.15) is 0 Å². The Hall–Kier alpha value is -1.10. The molecule has 104 valence electrons. The molecule has 1 N–H and O–H groups in total. The van der Waals surface area contributed by atoms with E-state index in [1.807, 2.05) is 24.0 Å². The molecule has 0 aromatic heterocycles. The molecule has 0 saturated carbocycles. The summed E-state index contributed by atoms with van der Waals surface area (Å²) >= 11 is 6.05. The fourth-order valence-electron chi connectivity index (χ4n) is 2.22. The third-order valence-corrected chi connectivity index (χ3v) is 3.90. The Morgan fingerprint density at radius 2 is 2.00 bits per heavy atom. The SMILES string of the molecule is Cc1ccc(C(=O)N2CCN(CCO)CC2)cc1Cl. The molecule has 19 heavy (non-hydrogen) atoms. The predicted octanol–water partition coefficient (Wildman–Crippen LogP) is 1.40. The van der Waals surface area contributed by atoms with Crippen molar-refractivity contribution in [3.63, 3.8) is 0 Å². The zero-order chi connectivity index (χ0) is 13.8. The summed E-state index contributed by atoms with van der Waals surface area (Å²) in [6.45, 7) is 5.79. The monoisotopic (exact) mass is 282 g/mol. The van der Waals surface area contributed by atoms with E-state index in [-0.39, 0.29) is 12.5 Å². The second-order valence-corrected chi connectivity index (χ2v) is 5.23. The van der Waals surface area contributed by atoms with Crippen LogP contribution in [0.15, 0.2) is 18.2 Å². The Balaban J connectivity index is 1.99. The summed E-state index contributed by atoms with van der Waals surface area (Å²) in [5, 5.41) is 9.52. The van der Waals surface area contributed by atoms with Gasteiger partial charge in [-0.3, -0.25) is 9.69 Å². The minimum Gasteiger partial charge on any atom is -0.395 e. The van der Waals surface area contributed by atoms with Gasteiger partial charge >= 0.3 is 0 Å². The van der Waals surface area contributed by atoms with E-state index in [0.29, 0.717) is 30.2 Å². The molecule has 1 aromatic carbocycles. The number of carbonyl (C=O) groups excluding carboxylic acids is 1. The molecule has 1 saturated heterocycles. The molecule has 4 nitrogen and oxygen atoms in total. The molecule has 1 aliphatic rings. The van der Waals surface area contributed by atoms with Gasteiger partial charge in [0.25, 0.3) is 5.91 Å². The van der Waals surface area contributed by atoms with E-state index in [4.69, 9.17) is 16.7 Å². The summed E-state index contributed by atoms with van der Waals surface area (Å²) in [5.41, 5.74) is 1.62. The number of piperazine rings is 1. The zero-order valence-corrected chi connectivity index (χ0v) is 11.9. The zero-order valence-electron chi connectivity index (χ0n) is 11.1. The Morgan fingerprint density at radius 1 is 1.32 bits per heavy atom. The van der Waals surface area contributed by atoms with Crippen molar-refractivity contribution >= 4 is 17.5 Å². The highest BCUT2D eigenvalue weighted by atomic mass is 35.5. The summed E-state index contributed by atoms with van der Waals surface area (Å²) in [5.74, 6) is 0.0329. The van der Waals surface area contributed by atoms with Crippen molar-refractivity contribution in [2.75, 3.05) is 39.3 Å². The minimum absolute atomic E-state index is 0.0329. The van der Waals surface area contributed by atoms with Crippen LogP contribution in [-0.4, -0.2) is 60.1 Å². The van der Waals surface area contributed by atoms with Crippen molar-refractivity contribution in [3.05, 3.63) is 34.3 Å². The minimum atomic E-state index is 0.0329. The van der Waals surface area contributed by atoms with Crippen molar-refractivity contribution < 1.29 is 9.90 Å². The van der Waals surface area contributed by atoms with Crippen LogP contribution in [-0.2, 0) is 0 Å². The van der Waals surface area contributed by atoms with Crippen molar-refractivity contribution in [2.24, 2.45) is 0 Å². The van der Waals surface area contributed by atoms with E-state index in [1.165, 1.54) is 0 Å². The Labute approximate surface area is 118 Å². The summed E-state index contributed by atoms with van der Waals surface area (Å²) in [7, 11) is 0. The van der Waals surface area contributed by atoms with Crippen LogP contribution in [0.4, 0.5) is 0 Å². The smallest absolute Gasteiger partial charge is 0.253 e. The van der Waals surface area contributed by atoms with Crippen LogP contribution in [0.5, 0.6) is 0 Å². The highest BCUT2D eigenvalue weighted by Gasteiger charge is 2.21. The molecule has 1 fully saturated rings. The van der Waals surface area contributed by atoms with Gasteiger partial charge in [0.15, 0.2) is 0 Å². The normalized spacial score (nSPS) is 16.7. The van der Waals surface area contributed by atoms with Crippen molar-refractivity contribution in [1.29, 1.82) is 0 Å². The maximum atomic E-state index is 12.3. The average Bonchev–Trinajstić information content (AvgIpc) is 2.42. The highest BCUT2D eigenvalue weighted by Crippen LogP contribution is 2.18. The largest absolute Gasteiger partial charge is 0.395 e. The van der Waals surface area contributed by atoms with Crippen LogP contribution >= 0.6 is 11.6 Å². The first-order valence-electron chi connectivity index (χ1n) is 6.50. The first-order chi connectivity index (χ1) is 9.11. The van der Waals surface area contributed by atoms with Gasteiger partial charge < -0.3 is 10.0 Å². The second kappa shape index (κ2) is 6.37. The molecule has 1 aliphatic heterocycles. The van der Waals surface area contributed by atoms with E-state index in [2.05, 4.69) is 4.90 Å². The van der Waals surface area contributed by atoms with Gasteiger partial charge in [-0.1, -0.05) is 17.7 Å². The Kier molecular flexibility index (Phi) is 4.80. The lowest BCUT2D eigenvalue weighted by atomic mass is 10.1. The maximum Gasteiger partial charge on any atom is 0.253 e. The van der Waals surface area contributed by atoms with Gasteiger partial charge in [0.2, 0.25) is 0 Å². The molecule has 0 radical (unpaired) electrons. The fraction of sp³-hybridized carbons (Fsp3) is 0.500. The molecule has 1 heterocycles. The number of aryl methyl sites for hydroxylation is 1. The lowest BCUT2D eigenvalue weighted by Gasteiger charge is -2.34. The number of carbonyl (C=O) groups is 1. The Bertz CT molecular complexity index is 457. The standard InChI is InChI=1S/C14H19ClN2O2/c1-11-2-3-12(10-13(11)15)14(19)17-6-4-16(5-7-17)8-9-18/h2-3,10,18H,4-9H2,1H3. The van der Waals surface area contributed by atoms with Crippen LogP contribution in [0, 0.1) is 6.92 Å². The van der Waals surface area contributed by atoms with Gasteiger partial charge in [-0.15, -0.1) is 0 Å². The first kappa shape index (κ1) is 14.3. The van der Waals surface area contributed by atoms with E-state index >= 15 is 0 Å². The summed E-state index contributed by atoms with van der Waals surface area (Å²) in [4.78, 5) is 16.3. The van der Waals surface area contributed by atoms with Crippen LogP contribution < -0.4 is 0 Å². The molecular weight excluding hydrogens is 264 g/mol. The number of hydrogen-bond donors (Lipinski definition) is 1. The summed E-state index contributed by atoms with van der Waals surface area (Å²) in [6, 6.07) is 5.43. The van der Waals surface area contributed by atoms with Gasteiger partial charge in [0, 0.05) is 43.3 Å². The van der Waals surface area contributed by atoms with Gasteiger partial charge in [0.05, 0.1) is 6.61 Å². The van der Waals surface area contributed by atoms with Crippen molar-refractivity contribution in [2.45, 2.75) is 6.92 Å². The van der Waals surface area contributed by atoms with Crippen LogP contribution in [0.1, 0.15) is 15.9 Å². The maximum absolute atomic E-state index is 12.3. The third kappa shape index (κ3) is 3.47. The number of halogens is 1. The number of benzene rings is 1. The van der Waals surface area contributed by atoms with E-state index in [9.17, 15) is 4.79 Å². The van der Waals surface area contributed by atoms with Crippen LogP contribution in [0.25, 0.3) is 0 Å². The van der Waals surface area contributed by atoms with Crippen molar-refractivity contribution in [1.82, 2.24) is 9.80 Å². The lowest BCUT2D eigenvalue weighted by Crippen LogP contribution is -2.49. The second-order valence-electron chi connectivity index (χ2n) is 4.82. The fourth-order valence-corrected chi connectivity index (χ4v) is 2.40. The van der Waals surface area contributed by atoms with Gasteiger partial charge in [0.1, 0.15) is 0 Å². The number of aliphatic hydroxyl groups excluding tert-OH is 1.